The minimum Gasteiger partial charge on any atom is -0.468 e. The second-order valence-electron chi connectivity index (χ2n) is 3.54. The molecule has 0 N–H and O–H groups in total. The Balaban J connectivity index is 2.86. The first kappa shape index (κ1) is 13.6. The molecule has 1 rings (SSSR count). The van der Waals surface area contributed by atoms with Gasteiger partial charge in [0.05, 0.1) is 17.8 Å². The van der Waals surface area contributed by atoms with Gasteiger partial charge in [-0.3, -0.25) is 9.59 Å². The Morgan fingerprint density at radius 3 is 2.47 bits per heavy atom. The van der Waals surface area contributed by atoms with Crippen molar-refractivity contribution < 1.29 is 14.3 Å². The number of ether oxygens (including phenoxy) is 1. The van der Waals surface area contributed by atoms with Gasteiger partial charge in [0, 0.05) is 6.54 Å². The van der Waals surface area contributed by atoms with Crippen molar-refractivity contribution in [3.63, 3.8) is 0 Å². The number of hydrogen-bond donors (Lipinski definition) is 0. The first-order valence-corrected chi connectivity index (χ1v) is 6.11. The van der Waals surface area contributed by atoms with Crippen LogP contribution in [0.5, 0.6) is 0 Å². The van der Waals surface area contributed by atoms with E-state index in [-0.39, 0.29) is 12.5 Å². The molecule has 0 saturated carbocycles. The number of esters is 1. The van der Waals surface area contributed by atoms with Crippen LogP contribution in [-0.4, -0.2) is 42.0 Å². The van der Waals surface area contributed by atoms with E-state index in [2.05, 4.69) is 9.72 Å². The summed E-state index contributed by atoms with van der Waals surface area (Å²) >= 11 is 1.35. The number of carbonyl (C=O) groups is 2. The second-order valence-corrected chi connectivity index (χ2v) is 4.75. The van der Waals surface area contributed by atoms with E-state index >= 15 is 0 Å². The highest BCUT2D eigenvalue weighted by molar-refractivity contribution is 7.13. The van der Waals surface area contributed by atoms with Gasteiger partial charge < -0.3 is 9.64 Å². The summed E-state index contributed by atoms with van der Waals surface area (Å²) in [6.07, 6.45) is 0. The molecule has 0 spiro atoms. The van der Waals surface area contributed by atoms with Crippen LogP contribution in [-0.2, 0) is 9.53 Å². The van der Waals surface area contributed by atoms with Crippen LogP contribution in [0.3, 0.4) is 0 Å². The zero-order chi connectivity index (χ0) is 13.0. The largest absolute Gasteiger partial charge is 0.468 e. The average molecular weight is 256 g/mol. The number of rotatable bonds is 4. The molecule has 0 bridgehead atoms. The van der Waals surface area contributed by atoms with Gasteiger partial charge in [0.2, 0.25) is 0 Å². The van der Waals surface area contributed by atoms with E-state index in [0.29, 0.717) is 17.1 Å². The van der Waals surface area contributed by atoms with Crippen molar-refractivity contribution in [2.75, 3.05) is 20.2 Å². The molecule has 0 radical (unpaired) electrons. The fourth-order valence-electron chi connectivity index (χ4n) is 1.42. The number of hydrogen-bond acceptors (Lipinski definition) is 5. The standard InChI is InChI=1S/C11H16N2O3S/c1-5-13(6-9(14)16-4)11(15)10-7(2)12-8(3)17-10/h5-6H2,1-4H3. The molecule has 0 atom stereocenters. The first-order chi connectivity index (χ1) is 7.99. The monoisotopic (exact) mass is 256 g/mol. The van der Waals surface area contributed by atoms with Gasteiger partial charge in [0.15, 0.2) is 0 Å². The molecular weight excluding hydrogens is 240 g/mol. The number of thiazole rings is 1. The molecule has 0 saturated heterocycles. The van der Waals surface area contributed by atoms with Crippen LogP contribution < -0.4 is 0 Å². The number of nitrogens with zero attached hydrogens (tertiary/aromatic N) is 2. The van der Waals surface area contributed by atoms with Crippen molar-refractivity contribution in [3.05, 3.63) is 15.6 Å². The predicted octanol–water partition coefficient (Wildman–Crippen LogP) is 1.40. The molecule has 0 aliphatic carbocycles. The van der Waals surface area contributed by atoms with Crippen molar-refractivity contribution in [2.24, 2.45) is 0 Å². The Morgan fingerprint density at radius 1 is 1.41 bits per heavy atom. The van der Waals surface area contributed by atoms with Crippen molar-refractivity contribution in [1.82, 2.24) is 9.88 Å². The zero-order valence-corrected chi connectivity index (χ0v) is 11.3. The summed E-state index contributed by atoms with van der Waals surface area (Å²) in [6.45, 7) is 5.91. The molecule has 1 heterocycles. The van der Waals surface area contributed by atoms with Crippen LogP contribution >= 0.6 is 11.3 Å². The molecule has 1 aromatic rings. The van der Waals surface area contributed by atoms with Gasteiger partial charge in [-0.25, -0.2) is 4.98 Å². The van der Waals surface area contributed by atoms with Crippen molar-refractivity contribution in [1.29, 1.82) is 0 Å². The van der Waals surface area contributed by atoms with E-state index in [0.717, 1.165) is 5.01 Å². The molecule has 17 heavy (non-hydrogen) atoms. The normalized spacial score (nSPS) is 10.1. The molecule has 1 aromatic heterocycles. The number of aryl methyl sites for hydroxylation is 2. The highest BCUT2D eigenvalue weighted by Gasteiger charge is 2.21. The summed E-state index contributed by atoms with van der Waals surface area (Å²) in [5.41, 5.74) is 0.709. The Kier molecular flexibility index (Phi) is 4.62. The Hall–Kier alpha value is -1.43. The molecule has 0 aliphatic rings. The molecule has 1 amide bonds. The van der Waals surface area contributed by atoms with Gasteiger partial charge in [-0.15, -0.1) is 11.3 Å². The lowest BCUT2D eigenvalue weighted by Crippen LogP contribution is -2.35. The molecule has 0 aliphatic heterocycles. The minimum atomic E-state index is -0.418. The van der Waals surface area contributed by atoms with E-state index in [4.69, 9.17) is 0 Å². The maximum atomic E-state index is 12.2. The van der Waals surface area contributed by atoms with Crippen LogP contribution in [0.2, 0.25) is 0 Å². The third kappa shape index (κ3) is 3.26. The molecule has 0 aromatic carbocycles. The fraction of sp³-hybridized carbons (Fsp3) is 0.545. The average Bonchev–Trinajstić information content (AvgIpc) is 2.64. The Morgan fingerprint density at radius 2 is 2.06 bits per heavy atom. The van der Waals surface area contributed by atoms with Crippen molar-refractivity contribution in [3.8, 4) is 0 Å². The summed E-state index contributed by atoms with van der Waals surface area (Å²) < 4.78 is 4.56. The number of carbonyl (C=O) groups excluding carboxylic acids is 2. The van der Waals surface area contributed by atoms with Gasteiger partial charge in [-0.2, -0.15) is 0 Å². The van der Waals surface area contributed by atoms with Crippen LogP contribution in [0.4, 0.5) is 0 Å². The highest BCUT2D eigenvalue weighted by Crippen LogP contribution is 2.19. The molecule has 5 nitrogen and oxygen atoms in total. The van der Waals surface area contributed by atoms with E-state index in [9.17, 15) is 9.59 Å². The first-order valence-electron chi connectivity index (χ1n) is 5.29. The quantitative estimate of drug-likeness (QED) is 0.764. The summed E-state index contributed by atoms with van der Waals surface area (Å²) in [5, 5.41) is 0.847. The minimum absolute atomic E-state index is 0.0256. The number of amides is 1. The Bertz CT molecular complexity index is 428. The van der Waals surface area contributed by atoms with Crippen LogP contribution in [0, 0.1) is 13.8 Å². The number of likely N-dealkylation sites (N-methyl/N-ethyl adjacent to an activating group) is 1. The molecule has 0 fully saturated rings. The third-order valence-electron chi connectivity index (χ3n) is 2.31. The summed E-state index contributed by atoms with van der Waals surface area (Å²) in [4.78, 5) is 29.6. The van der Waals surface area contributed by atoms with E-state index in [1.54, 1.807) is 6.92 Å². The summed E-state index contributed by atoms with van der Waals surface area (Å²) in [7, 11) is 1.31. The van der Waals surface area contributed by atoms with Crippen molar-refractivity contribution in [2.45, 2.75) is 20.8 Å². The predicted molar refractivity (Wildman–Crippen MR) is 65.2 cm³/mol. The van der Waals surface area contributed by atoms with Gasteiger partial charge in [0.1, 0.15) is 11.4 Å². The Labute approximate surface area is 104 Å². The lowest BCUT2D eigenvalue weighted by atomic mass is 10.3. The number of aromatic nitrogens is 1. The fourth-order valence-corrected chi connectivity index (χ4v) is 2.31. The van der Waals surface area contributed by atoms with Gasteiger partial charge in [0.25, 0.3) is 5.91 Å². The third-order valence-corrected chi connectivity index (χ3v) is 3.38. The smallest absolute Gasteiger partial charge is 0.325 e. The van der Waals surface area contributed by atoms with Gasteiger partial charge in [-0.05, 0) is 20.8 Å². The van der Waals surface area contributed by atoms with Crippen LogP contribution in [0.15, 0.2) is 0 Å². The molecular formula is C11H16N2O3S. The van der Waals surface area contributed by atoms with Crippen LogP contribution in [0.25, 0.3) is 0 Å². The molecule has 94 valence electrons. The summed E-state index contributed by atoms with van der Waals surface area (Å²) in [5.74, 6) is -0.583. The summed E-state index contributed by atoms with van der Waals surface area (Å²) in [6, 6.07) is 0. The molecule has 0 unspecified atom stereocenters. The molecule has 6 heteroatoms. The van der Waals surface area contributed by atoms with Crippen LogP contribution in [0.1, 0.15) is 27.3 Å². The van der Waals surface area contributed by atoms with E-state index in [1.165, 1.54) is 23.3 Å². The lowest BCUT2D eigenvalue weighted by Gasteiger charge is -2.18. The van der Waals surface area contributed by atoms with Gasteiger partial charge in [-0.1, -0.05) is 0 Å². The maximum absolute atomic E-state index is 12.2. The zero-order valence-electron chi connectivity index (χ0n) is 10.4. The SMILES string of the molecule is CCN(CC(=O)OC)C(=O)c1sc(C)nc1C. The van der Waals surface area contributed by atoms with Crippen molar-refractivity contribution >= 4 is 23.2 Å². The highest BCUT2D eigenvalue weighted by atomic mass is 32.1. The lowest BCUT2D eigenvalue weighted by molar-refractivity contribution is -0.141. The maximum Gasteiger partial charge on any atom is 0.325 e. The topological polar surface area (TPSA) is 59.5 Å². The van der Waals surface area contributed by atoms with Gasteiger partial charge >= 0.3 is 5.97 Å². The number of methoxy groups -OCH3 is 1. The van der Waals surface area contributed by atoms with E-state index < -0.39 is 5.97 Å². The second kappa shape index (κ2) is 5.77. The van der Waals surface area contributed by atoms with E-state index in [1.807, 2.05) is 13.8 Å².